The first kappa shape index (κ1) is 23.3. The Morgan fingerprint density at radius 3 is 2.24 bits per heavy atom. The van der Waals surface area contributed by atoms with Gasteiger partial charge in [0.2, 0.25) is 21.8 Å². The van der Waals surface area contributed by atoms with Gasteiger partial charge in [0.15, 0.2) is 0 Å². The van der Waals surface area contributed by atoms with E-state index in [0.29, 0.717) is 31.1 Å². The molecule has 1 aliphatic heterocycles. The molecule has 1 aromatic rings. The molecule has 1 heterocycles. The molecule has 1 N–H and O–H groups in total. The zero-order valence-electron chi connectivity index (χ0n) is 17.8. The second kappa shape index (κ2) is 10.2. The van der Waals surface area contributed by atoms with Crippen LogP contribution in [0.5, 0.6) is 0 Å². The van der Waals surface area contributed by atoms with Gasteiger partial charge in [-0.15, -0.1) is 0 Å². The molecule has 2 amide bonds. The molecule has 0 spiro atoms. The summed E-state index contributed by atoms with van der Waals surface area (Å²) in [6, 6.07) is 5.15. The van der Waals surface area contributed by atoms with Crippen LogP contribution in [0.25, 0.3) is 0 Å². The zero-order valence-corrected chi connectivity index (χ0v) is 18.6. The molecule has 0 atom stereocenters. The normalized spacial score (nSPS) is 15.6. The van der Waals surface area contributed by atoms with E-state index in [0.717, 1.165) is 11.1 Å². The lowest BCUT2D eigenvalue weighted by Crippen LogP contribution is -2.53. The summed E-state index contributed by atoms with van der Waals surface area (Å²) in [6.07, 6.45) is 0. The quantitative estimate of drug-likeness (QED) is 0.660. The van der Waals surface area contributed by atoms with E-state index in [1.165, 1.54) is 4.31 Å². The first-order valence-electron chi connectivity index (χ1n) is 10.0. The number of nitrogens with zero attached hydrogens (tertiary/aromatic N) is 3. The standard InChI is InChI=1S/C20H32N4O4S/c1-5-21-19(25)14-22(6-2)15-20(26)23-9-11-24(12-10-23)29(27,28)18-8-7-16(3)17(4)13-18/h7-8,13H,5-6,9-12,14-15H2,1-4H3,(H,21,25). The van der Waals surface area contributed by atoms with Crippen LogP contribution in [0.2, 0.25) is 0 Å². The number of rotatable bonds is 8. The lowest BCUT2D eigenvalue weighted by atomic mass is 10.1. The molecule has 0 bridgehead atoms. The van der Waals surface area contributed by atoms with Gasteiger partial charge in [-0.2, -0.15) is 4.31 Å². The fourth-order valence-electron chi connectivity index (χ4n) is 3.23. The van der Waals surface area contributed by atoms with Gasteiger partial charge in [0, 0.05) is 32.7 Å². The Labute approximate surface area is 173 Å². The summed E-state index contributed by atoms with van der Waals surface area (Å²) in [5.74, 6) is -0.189. The summed E-state index contributed by atoms with van der Waals surface area (Å²) in [7, 11) is -3.57. The number of carbonyl (C=O) groups is 2. The van der Waals surface area contributed by atoms with Gasteiger partial charge in [0.05, 0.1) is 18.0 Å². The van der Waals surface area contributed by atoms with Crippen molar-refractivity contribution in [3.8, 4) is 0 Å². The first-order chi connectivity index (χ1) is 13.7. The molecule has 162 valence electrons. The van der Waals surface area contributed by atoms with E-state index in [4.69, 9.17) is 0 Å². The van der Waals surface area contributed by atoms with Crippen molar-refractivity contribution >= 4 is 21.8 Å². The number of amides is 2. The minimum absolute atomic E-state index is 0.0839. The van der Waals surface area contributed by atoms with Gasteiger partial charge in [0.25, 0.3) is 0 Å². The summed E-state index contributed by atoms with van der Waals surface area (Å²) >= 11 is 0. The van der Waals surface area contributed by atoms with Crippen molar-refractivity contribution in [2.75, 3.05) is 52.4 Å². The SMILES string of the molecule is CCNC(=O)CN(CC)CC(=O)N1CCN(S(=O)(=O)c2ccc(C)c(C)c2)CC1. The van der Waals surface area contributed by atoms with Crippen LogP contribution in [0, 0.1) is 13.8 Å². The highest BCUT2D eigenvalue weighted by molar-refractivity contribution is 7.89. The van der Waals surface area contributed by atoms with Crippen molar-refractivity contribution in [3.05, 3.63) is 29.3 Å². The van der Waals surface area contributed by atoms with Crippen molar-refractivity contribution < 1.29 is 18.0 Å². The monoisotopic (exact) mass is 424 g/mol. The van der Waals surface area contributed by atoms with Crippen LogP contribution in [0.4, 0.5) is 0 Å². The smallest absolute Gasteiger partial charge is 0.243 e. The van der Waals surface area contributed by atoms with E-state index in [1.54, 1.807) is 21.9 Å². The highest BCUT2D eigenvalue weighted by atomic mass is 32.2. The van der Waals surface area contributed by atoms with Gasteiger partial charge in [-0.05, 0) is 50.6 Å². The molecule has 1 fully saturated rings. The van der Waals surface area contributed by atoms with Crippen molar-refractivity contribution in [1.82, 2.24) is 19.4 Å². The Balaban J connectivity index is 1.94. The van der Waals surface area contributed by atoms with Crippen molar-refractivity contribution in [2.45, 2.75) is 32.6 Å². The maximum Gasteiger partial charge on any atom is 0.243 e. The Bertz CT molecular complexity index is 833. The summed E-state index contributed by atoms with van der Waals surface area (Å²) in [4.78, 5) is 28.1. The van der Waals surface area contributed by atoms with Gasteiger partial charge in [-0.1, -0.05) is 13.0 Å². The first-order valence-corrected chi connectivity index (χ1v) is 11.5. The Morgan fingerprint density at radius 1 is 1.03 bits per heavy atom. The molecule has 8 nitrogen and oxygen atoms in total. The number of aryl methyl sites for hydroxylation is 2. The third-order valence-electron chi connectivity index (χ3n) is 5.25. The van der Waals surface area contributed by atoms with Gasteiger partial charge < -0.3 is 10.2 Å². The Hall–Kier alpha value is -1.97. The number of hydrogen-bond acceptors (Lipinski definition) is 5. The third-order valence-corrected chi connectivity index (χ3v) is 7.15. The molecular formula is C20H32N4O4S. The molecular weight excluding hydrogens is 392 g/mol. The second-order valence-corrected chi connectivity index (χ2v) is 9.23. The predicted octanol–water partition coefficient (Wildman–Crippen LogP) is 0.594. The maximum atomic E-state index is 12.9. The number of likely N-dealkylation sites (N-methyl/N-ethyl adjacent to an activating group) is 2. The second-order valence-electron chi connectivity index (χ2n) is 7.29. The summed E-state index contributed by atoms with van der Waals surface area (Å²) < 4.78 is 27.2. The average Bonchev–Trinajstić information content (AvgIpc) is 2.69. The van der Waals surface area contributed by atoms with Crippen LogP contribution in [0.3, 0.4) is 0 Å². The molecule has 0 unspecified atom stereocenters. The molecule has 0 radical (unpaired) electrons. The van der Waals surface area contributed by atoms with E-state index < -0.39 is 10.0 Å². The minimum Gasteiger partial charge on any atom is -0.355 e. The topological polar surface area (TPSA) is 90.0 Å². The lowest BCUT2D eigenvalue weighted by molar-refractivity contribution is -0.134. The number of hydrogen-bond donors (Lipinski definition) is 1. The highest BCUT2D eigenvalue weighted by Crippen LogP contribution is 2.20. The predicted molar refractivity (Wildman–Crippen MR) is 112 cm³/mol. The number of benzene rings is 1. The van der Waals surface area contributed by atoms with Gasteiger partial charge in [0.1, 0.15) is 0 Å². The molecule has 1 aromatic carbocycles. The van der Waals surface area contributed by atoms with E-state index in [2.05, 4.69) is 5.32 Å². The van der Waals surface area contributed by atoms with E-state index >= 15 is 0 Å². The van der Waals surface area contributed by atoms with Gasteiger partial charge in [-0.25, -0.2) is 8.42 Å². The Kier molecular flexibility index (Phi) is 8.18. The van der Waals surface area contributed by atoms with Crippen LogP contribution < -0.4 is 5.32 Å². The van der Waals surface area contributed by atoms with Crippen LogP contribution in [-0.2, 0) is 19.6 Å². The van der Waals surface area contributed by atoms with Crippen LogP contribution in [0.1, 0.15) is 25.0 Å². The fourth-order valence-corrected chi connectivity index (χ4v) is 4.74. The molecule has 0 saturated carbocycles. The number of nitrogens with one attached hydrogen (secondary N) is 1. The fraction of sp³-hybridized carbons (Fsp3) is 0.600. The molecule has 0 aliphatic carbocycles. The van der Waals surface area contributed by atoms with Crippen LogP contribution in [-0.4, -0.2) is 86.7 Å². The summed E-state index contributed by atoms with van der Waals surface area (Å²) in [5, 5.41) is 2.73. The minimum atomic E-state index is -3.57. The van der Waals surface area contributed by atoms with Gasteiger partial charge >= 0.3 is 0 Å². The van der Waals surface area contributed by atoms with Crippen molar-refractivity contribution in [1.29, 1.82) is 0 Å². The van der Waals surface area contributed by atoms with Crippen LogP contribution >= 0.6 is 0 Å². The van der Waals surface area contributed by atoms with Crippen LogP contribution in [0.15, 0.2) is 23.1 Å². The van der Waals surface area contributed by atoms with Gasteiger partial charge in [-0.3, -0.25) is 14.5 Å². The van der Waals surface area contributed by atoms with E-state index in [1.807, 2.05) is 33.8 Å². The van der Waals surface area contributed by atoms with E-state index in [-0.39, 0.29) is 38.0 Å². The molecule has 0 aromatic heterocycles. The van der Waals surface area contributed by atoms with Crippen molar-refractivity contribution in [2.24, 2.45) is 0 Å². The number of sulfonamides is 1. The largest absolute Gasteiger partial charge is 0.355 e. The van der Waals surface area contributed by atoms with E-state index in [9.17, 15) is 18.0 Å². The maximum absolute atomic E-state index is 12.9. The summed E-state index contributed by atoms with van der Waals surface area (Å²) in [6.45, 7) is 10.3. The third kappa shape index (κ3) is 6.01. The Morgan fingerprint density at radius 2 is 1.69 bits per heavy atom. The molecule has 1 aliphatic rings. The lowest BCUT2D eigenvalue weighted by Gasteiger charge is -2.35. The zero-order chi connectivity index (χ0) is 21.6. The average molecular weight is 425 g/mol. The summed E-state index contributed by atoms with van der Waals surface area (Å²) in [5.41, 5.74) is 1.99. The molecule has 29 heavy (non-hydrogen) atoms. The molecule has 9 heteroatoms. The molecule has 2 rings (SSSR count). The number of piperazine rings is 1. The number of carbonyl (C=O) groups excluding carboxylic acids is 2. The van der Waals surface area contributed by atoms with Crippen molar-refractivity contribution in [3.63, 3.8) is 0 Å². The highest BCUT2D eigenvalue weighted by Gasteiger charge is 2.30. The molecule has 1 saturated heterocycles.